The Hall–Kier alpha value is -1.19. The van der Waals surface area contributed by atoms with Gasteiger partial charge in [0.1, 0.15) is 0 Å². The smallest absolute Gasteiger partial charge is 0.303 e. The first-order chi connectivity index (χ1) is 6.04. The predicted octanol–water partition coefficient (Wildman–Crippen LogP) is 1.63. The zero-order valence-corrected chi connectivity index (χ0v) is 7.80. The lowest BCUT2D eigenvalue weighted by Crippen LogP contribution is -2.07. The van der Waals surface area contributed by atoms with Crippen LogP contribution >= 0.6 is 0 Å². The van der Waals surface area contributed by atoms with Gasteiger partial charge in [0.15, 0.2) is 5.78 Å². The van der Waals surface area contributed by atoms with Crippen molar-refractivity contribution in [2.75, 3.05) is 0 Å². The Kier molecular flexibility index (Phi) is 5.76. The summed E-state index contributed by atoms with van der Waals surface area (Å²) in [6, 6.07) is 0. The van der Waals surface area contributed by atoms with Crippen molar-refractivity contribution in [3.8, 4) is 0 Å². The standard InChI is InChI=1S/C9H15NO3/c1-7(11)8(10)5-3-2-4-6-9(12)13/h10H,2-6H2,1H3,(H,12,13). The number of carboxylic acids is 1. The Balaban J connectivity index is 3.31. The van der Waals surface area contributed by atoms with Crippen molar-refractivity contribution in [3.63, 3.8) is 0 Å². The maximum absolute atomic E-state index is 10.6. The lowest BCUT2D eigenvalue weighted by molar-refractivity contribution is -0.137. The van der Waals surface area contributed by atoms with Gasteiger partial charge in [0.25, 0.3) is 0 Å². The Morgan fingerprint density at radius 1 is 1.15 bits per heavy atom. The van der Waals surface area contributed by atoms with Gasteiger partial charge in [0.05, 0.1) is 5.71 Å². The Bertz CT molecular complexity index is 211. The number of carbonyl (C=O) groups excluding carboxylic acids is 1. The molecule has 0 aliphatic heterocycles. The molecule has 0 saturated carbocycles. The highest BCUT2D eigenvalue weighted by Gasteiger charge is 2.02. The minimum Gasteiger partial charge on any atom is -0.481 e. The number of carbonyl (C=O) groups is 2. The quantitative estimate of drug-likeness (QED) is 0.467. The van der Waals surface area contributed by atoms with Crippen LogP contribution in [0.4, 0.5) is 0 Å². The molecule has 0 aromatic carbocycles. The maximum atomic E-state index is 10.6. The van der Waals surface area contributed by atoms with E-state index in [0.717, 1.165) is 12.8 Å². The van der Waals surface area contributed by atoms with Gasteiger partial charge >= 0.3 is 5.97 Å². The van der Waals surface area contributed by atoms with Crippen LogP contribution in [0.25, 0.3) is 0 Å². The molecule has 0 bridgehead atoms. The molecular formula is C9H15NO3. The number of hydrogen-bond acceptors (Lipinski definition) is 3. The van der Waals surface area contributed by atoms with Crippen molar-refractivity contribution in [1.82, 2.24) is 0 Å². The van der Waals surface area contributed by atoms with Crippen LogP contribution in [0.2, 0.25) is 0 Å². The van der Waals surface area contributed by atoms with E-state index in [-0.39, 0.29) is 17.9 Å². The highest BCUT2D eigenvalue weighted by Crippen LogP contribution is 2.03. The minimum absolute atomic E-state index is 0.135. The second kappa shape index (κ2) is 6.34. The number of carboxylic acid groups (broad SMARTS) is 1. The first kappa shape index (κ1) is 11.8. The van der Waals surface area contributed by atoms with E-state index in [1.54, 1.807) is 0 Å². The Morgan fingerprint density at radius 3 is 2.15 bits per heavy atom. The van der Waals surface area contributed by atoms with Gasteiger partial charge in [0, 0.05) is 13.3 Å². The third-order valence-electron chi connectivity index (χ3n) is 1.74. The van der Waals surface area contributed by atoms with Gasteiger partial charge in [-0.05, 0) is 19.3 Å². The summed E-state index contributed by atoms with van der Waals surface area (Å²) in [4.78, 5) is 20.7. The first-order valence-corrected chi connectivity index (χ1v) is 4.34. The third-order valence-corrected chi connectivity index (χ3v) is 1.74. The lowest BCUT2D eigenvalue weighted by Gasteiger charge is -1.98. The zero-order chi connectivity index (χ0) is 10.3. The van der Waals surface area contributed by atoms with Crippen molar-refractivity contribution >= 4 is 17.5 Å². The molecule has 0 radical (unpaired) electrons. The van der Waals surface area contributed by atoms with E-state index >= 15 is 0 Å². The van der Waals surface area contributed by atoms with Gasteiger partial charge in [-0.3, -0.25) is 9.59 Å². The van der Waals surface area contributed by atoms with Crippen LogP contribution < -0.4 is 0 Å². The number of ketones is 1. The topological polar surface area (TPSA) is 78.2 Å². The van der Waals surface area contributed by atoms with Gasteiger partial charge < -0.3 is 10.5 Å². The summed E-state index contributed by atoms with van der Waals surface area (Å²) in [5.74, 6) is -0.986. The summed E-state index contributed by atoms with van der Waals surface area (Å²) in [5, 5.41) is 15.5. The lowest BCUT2D eigenvalue weighted by atomic mass is 10.1. The molecule has 0 aromatic heterocycles. The van der Waals surface area contributed by atoms with Crippen molar-refractivity contribution in [2.45, 2.75) is 39.0 Å². The largest absolute Gasteiger partial charge is 0.481 e. The van der Waals surface area contributed by atoms with Crippen molar-refractivity contribution in [1.29, 1.82) is 5.41 Å². The molecule has 0 spiro atoms. The molecule has 0 fully saturated rings. The number of rotatable bonds is 7. The summed E-state index contributed by atoms with van der Waals surface area (Å²) >= 11 is 0. The molecular weight excluding hydrogens is 170 g/mol. The number of Topliss-reactive ketones (excluding diaryl/α,β-unsaturated/α-hetero) is 1. The van der Waals surface area contributed by atoms with Crippen LogP contribution in [0.15, 0.2) is 0 Å². The van der Waals surface area contributed by atoms with Gasteiger partial charge in [-0.25, -0.2) is 0 Å². The average molecular weight is 185 g/mol. The molecule has 0 aliphatic rings. The second-order valence-electron chi connectivity index (χ2n) is 2.99. The van der Waals surface area contributed by atoms with Crippen LogP contribution in [0.1, 0.15) is 39.0 Å². The fourth-order valence-corrected chi connectivity index (χ4v) is 0.931. The summed E-state index contributed by atoms with van der Waals surface area (Å²) in [7, 11) is 0. The number of aliphatic carboxylic acids is 1. The summed E-state index contributed by atoms with van der Waals surface area (Å²) in [6.07, 6.45) is 2.76. The fourth-order valence-electron chi connectivity index (χ4n) is 0.931. The molecule has 4 nitrogen and oxygen atoms in total. The fraction of sp³-hybridized carbons (Fsp3) is 0.667. The van der Waals surface area contributed by atoms with Crippen molar-refractivity contribution in [2.24, 2.45) is 0 Å². The van der Waals surface area contributed by atoms with Crippen LogP contribution in [-0.2, 0) is 9.59 Å². The first-order valence-electron chi connectivity index (χ1n) is 4.34. The van der Waals surface area contributed by atoms with E-state index in [2.05, 4.69) is 0 Å². The van der Waals surface area contributed by atoms with Crippen LogP contribution in [-0.4, -0.2) is 22.6 Å². The van der Waals surface area contributed by atoms with E-state index in [9.17, 15) is 9.59 Å². The predicted molar refractivity (Wildman–Crippen MR) is 49.1 cm³/mol. The summed E-state index contributed by atoms with van der Waals surface area (Å²) in [6.45, 7) is 1.37. The normalized spacial score (nSPS) is 9.62. The van der Waals surface area contributed by atoms with Crippen LogP contribution in [0.3, 0.4) is 0 Å². The van der Waals surface area contributed by atoms with Crippen molar-refractivity contribution < 1.29 is 14.7 Å². The molecule has 0 heterocycles. The summed E-state index contributed by atoms with van der Waals surface area (Å²) < 4.78 is 0. The highest BCUT2D eigenvalue weighted by atomic mass is 16.4. The SMILES string of the molecule is CC(=O)C(=N)CCCCCC(=O)O. The van der Waals surface area contributed by atoms with Crippen LogP contribution in [0, 0.1) is 5.41 Å². The highest BCUT2D eigenvalue weighted by molar-refractivity contribution is 6.37. The molecule has 0 amide bonds. The molecule has 0 aliphatic carbocycles. The average Bonchev–Trinajstić information content (AvgIpc) is 2.02. The molecule has 2 N–H and O–H groups in total. The van der Waals surface area contributed by atoms with E-state index in [4.69, 9.17) is 10.5 Å². The van der Waals surface area contributed by atoms with Gasteiger partial charge in [0.2, 0.25) is 0 Å². The minimum atomic E-state index is -0.790. The monoisotopic (exact) mass is 185 g/mol. The van der Waals surface area contributed by atoms with Crippen molar-refractivity contribution in [3.05, 3.63) is 0 Å². The Labute approximate surface area is 77.5 Å². The van der Waals surface area contributed by atoms with E-state index in [1.165, 1.54) is 6.92 Å². The molecule has 4 heteroatoms. The van der Waals surface area contributed by atoms with E-state index in [1.807, 2.05) is 0 Å². The van der Waals surface area contributed by atoms with E-state index in [0.29, 0.717) is 12.8 Å². The third kappa shape index (κ3) is 7.18. The number of nitrogens with one attached hydrogen (secondary N) is 1. The second-order valence-corrected chi connectivity index (χ2v) is 2.99. The molecule has 0 aromatic rings. The molecule has 13 heavy (non-hydrogen) atoms. The number of unbranched alkanes of at least 4 members (excludes halogenated alkanes) is 2. The summed E-state index contributed by atoms with van der Waals surface area (Å²) in [5.41, 5.74) is 0.135. The van der Waals surface area contributed by atoms with Gasteiger partial charge in [-0.1, -0.05) is 6.42 Å². The maximum Gasteiger partial charge on any atom is 0.303 e. The van der Waals surface area contributed by atoms with E-state index < -0.39 is 5.97 Å². The molecule has 0 unspecified atom stereocenters. The van der Waals surface area contributed by atoms with Gasteiger partial charge in [-0.15, -0.1) is 0 Å². The molecule has 0 saturated heterocycles. The number of hydrogen-bond donors (Lipinski definition) is 2. The molecule has 74 valence electrons. The van der Waals surface area contributed by atoms with Gasteiger partial charge in [-0.2, -0.15) is 0 Å². The molecule has 0 rings (SSSR count). The van der Waals surface area contributed by atoms with Crippen LogP contribution in [0.5, 0.6) is 0 Å². The Morgan fingerprint density at radius 2 is 1.69 bits per heavy atom. The molecule has 0 atom stereocenters. The zero-order valence-electron chi connectivity index (χ0n) is 7.80.